The summed E-state index contributed by atoms with van der Waals surface area (Å²) in [6.45, 7) is 0. The van der Waals surface area contributed by atoms with Crippen molar-refractivity contribution in [1.82, 2.24) is 0 Å². The van der Waals surface area contributed by atoms with Gasteiger partial charge < -0.3 is 9.47 Å². The first-order valence-corrected chi connectivity index (χ1v) is 7.73. The molecule has 1 aliphatic rings. The van der Waals surface area contributed by atoms with Crippen LogP contribution in [-0.4, -0.2) is 25.2 Å². The molecule has 110 valence electrons. The number of Topliss-reactive ketones (excluding diaryl/α,β-unsaturated/α-hetero) is 1. The molecular formula is C15H20ClO3P. The summed E-state index contributed by atoms with van der Waals surface area (Å²) >= 11 is 6.15. The lowest BCUT2D eigenvalue weighted by molar-refractivity contribution is 0.0911. The van der Waals surface area contributed by atoms with Crippen molar-refractivity contribution >= 4 is 26.6 Å². The van der Waals surface area contributed by atoms with Gasteiger partial charge in [-0.3, -0.25) is 4.79 Å². The maximum atomic E-state index is 13.0. The summed E-state index contributed by atoms with van der Waals surface area (Å²) in [5, 5.41) is 0.00445. The average Bonchev–Trinajstić information content (AvgIpc) is 2.46. The molecule has 0 amide bonds. The third-order valence-electron chi connectivity index (χ3n) is 3.92. The Hall–Kier alpha value is -0.790. The second kappa shape index (κ2) is 6.32. The van der Waals surface area contributed by atoms with E-state index in [1.165, 1.54) is 13.5 Å². The van der Waals surface area contributed by atoms with Gasteiger partial charge in [0.15, 0.2) is 11.5 Å². The minimum atomic E-state index is -0.427. The molecule has 0 saturated heterocycles. The summed E-state index contributed by atoms with van der Waals surface area (Å²) in [6.07, 6.45) is 5.07. The number of methoxy groups -OCH3 is 2. The lowest BCUT2D eigenvalue weighted by atomic mass is 9.82. The van der Waals surface area contributed by atoms with E-state index in [0.29, 0.717) is 22.1 Å². The summed E-state index contributed by atoms with van der Waals surface area (Å²) in [7, 11) is 5.82. The van der Waals surface area contributed by atoms with Gasteiger partial charge in [0.05, 0.1) is 19.2 Å². The molecule has 0 bridgehead atoms. The van der Waals surface area contributed by atoms with Crippen LogP contribution in [0.4, 0.5) is 0 Å². The maximum Gasteiger partial charge on any atom is 0.180 e. The molecule has 0 aliphatic heterocycles. The Kier molecular flexibility index (Phi) is 4.93. The van der Waals surface area contributed by atoms with Crippen molar-refractivity contribution in [1.29, 1.82) is 0 Å². The van der Waals surface area contributed by atoms with E-state index in [-0.39, 0.29) is 5.78 Å². The van der Waals surface area contributed by atoms with E-state index in [2.05, 4.69) is 9.24 Å². The Labute approximate surface area is 127 Å². The lowest BCUT2D eigenvalue weighted by Gasteiger charge is -2.32. The molecule has 1 saturated carbocycles. The van der Waals surface area contributed by atoms with Crippen LogP contribution < -0.4 is 9.47 Å². The number of hydrogen-bond acceptors (Lipinski definition) is 3. The third-order valence-corrected chi connectivity index (χ3v) is 5.06. The Morgan fingerprint density at radius 1 is 1.20 bits per heavy atom. The van der Waals surface area contributed by atoms with Crippen molar-refractivity contribution < 1.29 is 14.3 Å². The molecule has 0 radical (unpaired) electrons. The molecule has 1 atom stereocenters. The van der Waals surface area contributed by atoms with Crippen LogP contribution in [0, 0.1) is 0 Å². The smallest absolute Gasteiger partial charge is 0.180 e. The first kappa shape index (κ1) is 15.6. The second-order valence-corrected chi connectivity index (χ2v) is 6.72. The van der Waals surface area contributed by atoms with Crippen molar-refractivity contribution in [3.8, 4) is 11.5 Å². The van der Waals surface area contributed by atoms with E-state index < -0.39 is 5.16 Å². The first-order valence-electron chi connectivity index (χ1n) is 6.77. The summed E-state index contributed by atoms with van der Waals surface area (Å²) in [5.74, 6) is 0.963. The highest BCUT2D eigenvalue weighted by atomic mass is 35.5. The van der Waals surface area contributed by atoms with Gasteiger partial charge in [-0.1, -0.05) is 30.9 Å². The summed E-state index contributed by atoms with van der Waals surface area (Å²) in [6, 6.07) is 3.40. The normalized spacial score (nSPS) is 17.6. The number of hydrogen-bond donors (Lipinski definition) is 0. The van der Waals surface area contributed by atoms with Crippen LogP contribution in [0.5, 0.6) is 11.5 Å². The van der Waals surface area contributed by atoms with Crippen LogP contribution in [-0.2, 0) is 0 Å². The third kappa shape index (κ3) is 2.80. The summed E-state index contributed by atoms with van der Waals surface area (Å²) < 4.78 is 10.7. The molecule has 0 heterocycles. The zero-order valence-corrected chi connectivity index (χ0v) is 13.8. The van der Waals surface area contributed by atoms with Gasteiger partial charge in [0.2, 0.25) is 0 Å². The second-order valence-electron chi connectivity index (χ2n) is 5.20. The number of carbonyl (C=O) groups excluding carboxylic acids is 1. The largest absolute Gasteiger partial charge is 0.496 e. The van der Waals surface area contributed by atoms with E-state index in [0.717, 1.165) is 25.7 Å². The van der Waals surface area contributed by atoms with Gasteiger partial charge in [0.1, 0.15) is 11.3 Å². The van der Waals surface area contributed by atoms with E-state index in [4.69, 9.17) is 21.1 Å². The molecule has 0 N–H and O–H groups in total. The van der Waals surface area contributed by atoms with E-state index in [1.807, 2.05) is 0 Å². The number of ether oxygens (including phenoxy) is 2. The molecular weight excluding hydrogens is 295 g/mol. The molecule has 2 rings (SSSR count). The molecule has 0 spiro atoms. The first-order chi connectivity index (χ1) is 9.53. The molecule has 1 aliphatic carbocycles. The zero-order chi connectivity index (χ0) is 14.8. The molecule has 0 aromatic heterocycles. The highest BCUT2D eigenvalue weighted by Gasteiger charge is 2.38. The highest BCUT2D eigenvalue weighted by molar-refractivity contribution is 7.21. The Balaban J connectivity index is 2.50. The van der Waals surface area contributed by atoms with E-state index in [1.54, 1.807) is 19.2 Å². The van der Waals surface area contributed by atoms with Gasteiger partial charge in [-0.2, -0.15) is 0 Å². The topological polar surface area (TPSA) is 35.5 Å². The number of benzene rings is 1. The number of carbonyl (C=O) groups is 1. The molecule has 1 unspecified atom stereocenters. The predicted molar refractivity (Wildman–Crippen MR) is 84.4 cm³/mol. The van der Waals surface area contributed by atoms with E-state index in [9.17, 15) is 4.79 Å². The molecule has 1 aromatic rings. The number of halogens is 1. The van der Waals surface area contributed by atoms with Crippen molar-refractivity contribution in [2.45, 2.75) is 37.3 Å². The fourth-order valence-electron chi connectivity index (χ4n) is 2.78. The van der Waals surface area contributed by atoms with E-state index >= 15 is 0 Å². The van der Waals surface area contributed by atoms with Crippen LogP contribution in [0.1, 0.15) is 42.5 Å². The molecule has 1 fully saturated rings. The summed E-state index contributed by atoms with van der Waals surface area (Å²) in [4.78, 5) is 13.0. The van der Waals surface area contributed by atoms with Gasteiger partial charge >= 0.3 is 0 Å². The molecule has 3 nitrogen and oxygen atoms in total. The number of ketones is 1. The fraction of sp³-hybridized carbons (Fsp3) is 0.533. The van der Waals surface area contributed by atoms with Gasteiger partial charge in [-0.15, -0.1) is 9.24 Å². The van der Waals surface area contributed by atoms with Gasteiger partial charge in [0, 0.05) is 5.16 Å². The molecule has 1 aromatic carbocycles. The fourth-order valence-corrected chi connectivity index (χ4v) is 3.57. The predicted octanol–water partition coefficient (Wildman–Crippen LogP) is 4.12. The quantitative estimate of drug-likeness (QED) is 0.619. The van der Waals surface area contributed by atoms with Crippen LogP contribution in [0.2, 0.25) is 5.02 Å². The van der Waals surface area contributed by atoms with Crippen LogP contribution in [0.15, 0.2) is 12.1 Å². The molecule has 20 heavy (non-hydrogen) atoms. The minimum absolute atomic E-state index is 0.0402. The Bertz CT molecular complexity index is 510. The maximum absolute atomic E-state index is 13.0. The zero-order valence-electron chi connectivity index (χ0n) is 11.9. The number of rotatable bonds is 4. The van der Waals surface area contributed by atoms with Crippen molar-refractivity contribution in [3.05, 3.63) is 22.7 Å². The Morgan fingerprint density at radius 2 is 1.85 bits per heavy atom. The minimum Gasteiger partial charge on any atom is -0.496 e. The van der Waals surface area contributed by atoms with Crippen molar-refractivity contribution in [3.63, 3.8) is 0 Å². The Morgan fingerprint density at radius 3 is 2.40 bits per heavy atom. The SMILES string of the molecule is COc1ccc(Cl)c(OC)c1C(=O)C1(P)CCCCC1. The molecule has 5 heteroatoms. The van der Waals surface area contributed by atoms with Crippen LogP contribution >= 0.6 is 20.8 Å². The average molecular weight is 315 g/mol. The van der Waals surface area contributed by atoms with Crippen LogP contribution in [0.25, 0.3) is 0 Å². The van der Waals surface area contributed by atoms with Gasteiger partial charge in [-0.25, -0.2) is 0 Å². The van der Waals surface area contributed by atoms with Gasteiger partial charge in [0.25, 0.3) is 0 Å². The standard InChI is InChI=1S/C15H20ClO3P/c1-18-11-7-6-10(16)13(19-2)12(11)14(17)15(20)8-4-3-5-9-15/h6-7H,3-5,8-9,20H2,1-2H3. The highest BCUT2D eigenvalue weighted by Crippen LogP contribution is 2.44. The van der Waals surface area contributed by atoms with Gasteiger partial charge in [-0.05, 0) is 25.0 Å². The monoisotopic (exact) mass is 314 g/mol. The van der Waals surface area contributed by atoms with Crippen LogP contribution in [0.3, 0.4) is 0 Å². The lowest BCUT2D eigenvalue weighted by Crippen LogP contribution is -2.34. The van der Waals surface area contributed by atoms with Crippen molar-refractivity contribution in [2.24, 2.45) is 0 Å². The van der Waals surface area contributed by atoms with Crippen molar-refractivity contribution in [2.75, 3.05) is 14.2 Å². The summed E-state index contributed by atoms with van der Waals surface area (Å²) in [5.41, 5.74) is 0.458.